The van der Waals surface area contributed by atoms with Gasteiger partial charge in [0.1, 0.15) is 0 Å². The van der Waals surface area contributed by atoms with Crippen LogP contribution in [0, 0.1) is 0 Å². The molecule has 0 saturated carbocycles. The lowest BCUT2D eigenvalue weighted by Crippen LogP contribution is -2.49. The van der Waals surface area contributed by atoms with E-state index in [4.69, 9.17) is 0 Å². The zero-order valence-electron chi connectivity index (χ0n) is 12.2. The van der Waals surface area contributed by atoms with Crippen molar-refractivity contribution in [3.05, 3.63) is 29.8 Å². The van der Waals surface area contributed by atoms with Crippen molar-refractivity contribution < 1.29 is 18.4 Å². The number of carbonyl (C=O) groups is 2. The average molecular weight is 328 g/mol. The first-order valence-electron chi connectivity index (χ1n) is 7.07. The Kier molecular flexibility index (Phi) is 5.76. The van der Waals surface area contributed by atoms with Crippen LogP contribution >= 0.6 is 11.8 Å². The summed E-state index contributed by atoms with van der Waals surface area (Å²) < 4.78 is 24.5. The molecule has 0 spiro atoms. The number of nitrogens with one attached hydrogen (secondary N) is 1. The summed E-state index contributed by atoms with van der Waals surface area (Å²) in [6, 6.07) is 6.16. The minimum atomic E-state index is -2.47. The van der Waals surface area contributed by atoms with Gasteiger partial charge in [0, 0.05) is 36.5 Å². The second-order valence-corrected chi connectivity index (χ2v) is 6.26. The highest BCUT2D eigenvalue weighted by atomic mass is 32.2. The summed E-state index contributed by atoms with van der Waals surface area (Å²) in [6.07, 6.45) is 1.68. The summed E-state index contributed by atoms with van der Waals surface area (Å²) in [5.41, 5.74) is 0.474. The summed E-state index contributed by atoms with van der Waals surface area (Å²) in [5, 5.41) is 2.83. The smallest absolute Gasteiger partial charge is 0.288 e. The number of halogens is 2. The molecule has 0 aromatic heterocycles. The number of hydrogen-bond acceptors (Lipinski definition) is 3. The molecule has 120 valence electrons. The number of alkyl halides is 2. The van der Waals surface area contributed by atoms with Gasteiger partial charge in [0.15, 0.2) is 0 Å². The molecule has 1 aliphatic rings. The quantitative estimate of drug-likeness (QED) is 0.865. The van der Waals surface area contributed by atoms with Crippen LogP contribution in [0.15, 0.2) is 29.2 Å². The molecule has 1 heterocycles. The van der Waals surface area contributed by atoms with Crippen LogP contribution in [0.5, 0.6) is 0 Å². The summed E-state index contributed by atoms with van der Waals surface area (Å²) in [4.78, 5) is 25.7. The van der Waals surface area contributed by atoms with Crippen LogP contribution < -0.4 is 5.32 Å². The lowest BCUT2D eigenvalue weighted by Gasteiger charge is -2.33. The fourth-order valence-corrected chi connectivity index (χ4v) is 3.03. The SMILES string of the molecule is CC(=O)NC1CCCN(C(=O)c2ccc(SC(F)F)cc2)C1. The highest BCUT2D eigenvalue weighted by Gasteiger charge is 2.24. The van der Waals surface area contributed by atoms with Gasteiger partial charge in [-0.3, -0.25) is 9.59 Å². The number of piperidine rings is 1. The van der Waals surface area contributed by atoms with Crippen molar-refractivity contribution in [2.24, 2.45) is 0 Å². The van der Waals surface area contributed by atoms with E-state index < -0.39 is 5.76 Å². The van der Waals surface area contributed by atoms with E-state index in [2.05, 4.69) is 5.32 Å². The molecule has 0 aliphatic carbocycles. The molecule has 1 aromatic rings. The van der Waals surface area contributed by atoms with Gasteiger partial charge in [0.05, 0.1) is 0 Å². The number of amides is 2. The van der Waals surface area contributed by atoms with Gasteiger partial charge in [-0.05, 0) is 37.1 Å². The Bertz CT molecular complexity index is 537. The summed E-state index contributed by atoms with van der Waals surface area (Å²) in [6.45, 7) is 2.58. The van der Waals surface area contributed by atoms with Crippen LogP contribution in [-0.4, -0.2) is 41.6 Å². The zero-order chi connectivity index (χ0) is 16.1. The first kappa shape index (κ1) is 16.7. The molecular formula is C15H18F2N2O2S. The van der Waals surface area contributed by atoms with Gasteiger partial charge in [-0.15, -0.1) is 0 Å². The second-order valence-electron chi connectivity index (χ2n) is 5.19. The van der Waals surface area contributed by atoms with Gasteiger partial charge in [-0.2, -0.15) is 8.78 Å². The van der Waals surface area contributed by atoms with Crippen LogP contribution in [0.25, 0.3) is 0 Å². The maximum Gasteiger partial charge on any atom is 0.288 e. The van der Waals surface area contributed by atoms with Crippen molar-refractivity contribution in [3.63, 3.8) is 0 Å². The van der Waals surface area contributed by atoms with Crippen molar-refractivity contribution in [2.75, 3.05) is 13.1 Å². The standard InChI is InChI=1S/C15H18F2N2O2S/c1-10(20)18-12-3-2-8-19(9-12)14(21)11-4-6-13(7-5-11)22-15(16)17/h4-7,12,15H,2-3,8-9H2,1H3,(H,18,20). The van der Waals surface area contributed by atoms with Gasteiger partial charge in [0.25, 0.3) is 11.7 Å². The lowest BCUT2D eigenvalue weighted by atomic mass is 10.0. The second kappa shape index (κ2) is 7.58. The highest BCUT2D eigenvalue weighted by Crippen LogP contribution is 2.25. The number of likely N-dealkylation sites (tertiary alicyclic amines) is 1. The summed E-state index contributed by atoms with van der Waals surface area (Å²) in [7, 11) is 0. The number of thioether (sulfide) groups is 1. The van der Waals surface area contributed by atoms with Gasteiger partial charge < -0.3 is 10.2 Å². The molecule has 2 rings (SSSR count). The fourth-order valence-electron chi connectivity index (χ4n) is 2.53. The van der Waals surface area contributed by atoms with Gasteiger partial charge >= 0.3 is 0 Å². The molecule has 1 aromatic carbocycles. The number of nitrogens with zero attached hydrogens (tertiary/aromatic N) is 1. The maximum atomic E-state index is 12.4. The van der Waals surface area contributed by atoms with Gasteiger partial charge in [-0.25, -0.2) is 0 Å². The molecule has 0 bridgehead atoms. The zero-order valence-corrected chi connectivity index (χ0v) is 13.0. The molecule has 1 unspecified atom stereocenters. The van der Waals surface area contributed by atoms with E-state index >= 15 is 0 Å². The predicted molar refractivity (Wildman–Crippen MR) is 81.0 cm³/mol. The van der Waals surface area contributed by atoms with Crippen LogP contribution in [0.1, 0.15) is 30.1 Å². The Morgan fingerprint density at radius 1 is 1.32 bits per heavy atom. The molecule has 1 aliphatic heterocycles. The van der Waals surface area contributed by atoms with Crippen molar-refractivity contribution in [1.29, 1.82) is 0 Å². The highest BCUT2D eigenvalue weighted by molar-refractivity contribution is 7.99. The maximum absolute atomic E-state index is 12.4. The molecule has 22 heavy (non-hydrogen) atoms. The summed E-state index contributed by atoms with van der Waals surface area (Å²) >= 11 is 0.456. The Balaban J connectivity index is 1.99. The first-order valence-corrected chi connectivity index (χ1v) is 7.95. The average Bonchev–Trinajstić information content (AvgIpc) is 2.46. The van der Waals surface area contributed by atoms with E-state index in [1.807, 2.05) is 0 Å². The normalized spacial score (nSPS) is 18.4. The molecule has 4 nitrogen and oxygen atoms in total. The lowest BCUT2D eigenvalue weighted by molar-refractivity contribution is -0.120. The molecule has 2 amide bonds. The molecular weight excluding hydrogens is 310 g/mol. The van der Waals surface area contributed by atoms with Crippen molar-refractivity contribution in [3.8, 4) is 0 Å². The minimum Gasteiger partial charge on any atom is -0.352 e. The third-order valence-electron chi connectivity index (χ3n) is 3.44. The number of hydrogen-bond donors (Lipinski definition) is 1. The van der Waals surface area contributed by atoms with Crippen molar-refractivity contribution in [2.45, 2.75) is 36.5 Å². The van der Waals surface area contributed by atoms with Gasteiger partial charge in [-0.1, -0.05) is 11.8 Å². The van der Waals surface area contributed by atoms with Crippen molar-refractivity contribution >= 4 is 23.6 Å². The molecule has 1 saturated heterocycles. The predicted octanol–water partition coefficient (Wildman–Crippen LogP) is 2.74. The third kappa shape index (κ3) is 4.69. The van der Waals surface area contributed by atoms with E-state index in [1.165, 1.54) is 19.1 Å². The minimum absolute atomic E-state index is 0.0242. The van der Waals surface area contributed by atoms with Crippen LogP contribution in [0.2, 0.25) is 0 Å². The number of rotatable bonds is 4. The molecule has 1 atom stereocenters. The van der Waals surface area contributed by atoms with E-state index in [0.717, 1.165) is 12.8 Å². The Hall–Kier alpha value is -1.63. The third-order valence-corrected chi connectivity index (χ3v) is 4.16. The van der Waals surface area contributed by atoms with Crippen LogP contribution in [-0.2, 0) is 4.79 Å². The molecule has 1 fully saturated rings. The fraction of sp³-hybridized carbons (Fsp3) is 0.467. The Morgan fingerprint density at radius 2 is 2.00 bits per heavy atom. The Labute approximate surface area is 132 Å². The van der Waals surface area contributed by atoms with Crippen LogP contribution in [0.4, 0.5) is 8.78 Å². The topological polar surface area (TPSA) is 49.4 Å². The van der Waals surface area contributed by atoms with E-state index in [0.29, 0.717) is 35.3 Å². The van der Waals surface area contributed by atoms with Crippen molar-refractivity contribution in [1.82, 2.24) is 10.2 Å². The monoisotopic (exact) mass is 328 g/mol. The van der Waals surface area contributed by atoms with Crippen LogP contribution in [0.3, 0.4) is 0 Å². The number of carbonyl (C=O) groups excluding carboxylic acids is 2. The van der Waals surface area contributed by atoms with Gasteiger partial charge in [0.2, 0.25) is 5.91 Å². The molecule has 0 radical (unpaired) electrons. The molecule has 1 N–H and O–H groups in total. The first-order chi connectivity index (χ1) is 10.5. The van der Waals surface area contributed by atoms with E-state index in [1.54, 1.807) is 17.0 Å². The number of benzene rings is 1. The molecule has 7 heteroatoms. The van der Waals surface area contributed by atoms with E-state index in [-0.39, 0.29) is 17.9 Å². The van der Waals surface area contributed by atoms with E-state index in [9.17, 15) is 18.4 Å². The summed E-state index contributed by atoms with van der Waals surface area (Å²) in [5.74, 6) is -2.71. The largest absolute Gasteiger partial charge is 0.352 e. The Morgan fingerprint density at radius 3 is 2.59 bits per heavy atom.